The minimum Gasteiger partial charge on any atom is -0.469 e. The van der Waals surface area contributed by atoms with Gasteiger partial charge in [0, 0.05) is 6.10 Å². The summed E-state index contributed by atoms with van der Waals surface area (Å²) in [4.78, 5) is 11.5. The van der Waals surface area contributed by atoms with E-state index in [1.807, 2.05) is 0 Å². The minimum atomic E-state index is -1.77. The van der Waals surface area contributed by atoms with Gasteiger partial charge in [-0.2, -0.15) is 0 Å². The Kier molecular flexibility index (Phi) is 8.31. The highest BCUT2D eigenvalue weighted by Gasteiger charge is 2.54. The monoisotopic (exact) mass is 452 g/mol. The van der Waals surface area contributed by atoms with Crippen molar-refractivity contribution in [3.63, 3.8) is 0 Å². The molecule has 1 N–H and O–H groups in total. The number of allylic oxidation sites excluding steroid dienone is 1. The van der Waals surface area contributed by atoms with E-state index in [4.69, 9.17) is 9.16 Å². The highest BCUT2D eigenvalue weighted by molar-refractivity contribution is 6.74. The molecule has 0 heterocycles. The Morgan fingerprint density at radius 1 is 1.23 bits per heavy atom. The predicted molar refractivity (Wildman–Crippen MR) is 130 cm³/mol. The van der Waals surface area contributed by atoms with Crippen molar-refractivity contribution in [1.82, 2.24) is 0 Å². The molecule has 2 saturated carbocycles. The maximum atomic E-state index is 11.5. The Hall–Kier alpha value is -0.653. The third-order valence-corrected chi connectivity index (χ3v) is 13.3. The third kappa shape index (κ3) is 6.23. The first-order valence-corrected chi connectivity index (χ1v) is 15.2. The fourth-order valence-corrected chi connectivity index (χ4v) is 7.24. The van der Waals surface area contributed by atoms with Crippen LogP contribution < -0.4 is 0 Å². The number of methoxy groups -OCH3 is 1. The summed E-state index contributed by atoms with van der Waals surface area (Å²) in [6.07, 6.45) is 11.5. The quantitative estimate of drug-likeness (QED) is 0.260. The number of esters is 1. The zero-order chi connectivity index (χ0) is 23.7. The van der Waals surface area contributed by atoms with Gasteiger partial charge >= 0.3 is 5.97 Å². The number of rotatable bonds is 8. The Morgan fingerprint density at radius 2 is 1.87 bits per heavy atom. The van der Waals surface area contributed by atoms with Gasteiger partial charge in [0.05, 0.1) is 19.1 Å². The summed E-state index contributed by atoms with van der Waals surface area (Å²) < 4.78 is 11.7. The molecule has 2 aliphatic carbocycles. The topological polar surface area (TPSA) is 55.8 Å². The van der Waals surface area contributed by atoms with Crippen molar-refractivity contribution < 1.29 is 19.1 Å². The summed E-state index contributed by atoms with van der Waals surface area (Å²) >= 11 is 0. The lowest BCUT2D eigenvalue weighted by Crippen LogP contribution is -2.50. The first kappa shape index (κ1) is 26.6. The molecule has 0 aromatic rings. The van der Waals surface area contributed by atoms with Crippen LogP contribution in [-0.4, -0.2) is 38.2 Å². The second-order valence-electron chi connectivity index (χ2n) is 12.3. The van der Waals surface area contributed by atoms with Crippen LogP contribution in [0.3, 0.4) is 0 Å². The van der Waals surface area contributed by atoms with Gasteiger partial charge in [0.15, 0.2) is 8.32 Å². The molecule has 2 rings (SSSR count). The van der Waals surface area contributed by atoms with Crippen molar-refractivity contribution in [2.75, 3.05) is 7.11 Å². The number of carbonyl (C=O) groups is 1. The van der Waals surface area contributed by atoms with E-state index in [0.29, 0.717) is 35.7 Å². The lowest BCUT2D eigenvalue weighted by Gasteiger charge is -2.49. The van der Waals surface area contributed by atoms with E-state index in [-0.39, 0.29) is 17.4 Å². The molecule has 0 amide bonds. The van der Waals surface area contributed by atoms with Crippen molar-refractivity contribution in [3.05, 3.63) is 12.2 Å². The number of carbonyl (C=O) groups excluding carboxylic acids is 1. The smallest absolute Gasteiger partial charge is 0.308 e. The van der Waals surface area contributed by atoms with Gasteiger partial charge in [0.2, 0.25) is 0 Å². The number of aliphatic hydroxyl groups is 1. The fraction of sp³-hybridized carbons (Fsp3) is 0.885. The molecule has 0 saturated heterocycles. The molecule has 5 heteroatoms. The van der Waals surface area contributed by atoms with Crippen LogP contribution in [0.15, 0.2) is 12.2 Å². The summed E-state index contributed by atoms with van der Waals surface area (Å²) in [6.45, 7) is 18.3. The molecule has 4 nitrogen and oxygen atoms in total. The molecular formula is C26H48O4Si. The maximum Gasteiger partial charge on any atom is 0.308 e. The largest absolute Gasteiger partial charge is 0.469 e. The molecule has 0 bridgehead atoms. The molecule has 180 valence electrons. The van der Waals surface area contributed by atoms with Gasteiger partial charge < -0.3 is 14.3 Å². The molecule has 31 heavy (non-hydrogen) atoms. The van der Waals surface area contributed by atoms with Gasteiger partial charge in [-0.3, -0.25) is 4.79 Å². The number of ether oxygens (including phenoxy) is 1. The highest BCUT2D eigenvalue weighted by atomic mass is 28.4. The SMILES string of the molecule is COC(=O)C[C@@](C)(O)CC=CC(C)[C@H]1CC[C@@H]2[C@H](O[Si](C)(C)C(C)(C)C)CCC[C@@]12C. The van der Waals surface area contributed by atoms with Crippen LogP contribution in [0.4, 0.5) is 0 Å². The third-order valence-electron chi connectivity index (χ3n) is 8.77. The lowest BCUT2D eigenvalue weighted by atomic mass is 9.62. The molecule has 1 unspecified atom stereocenters. The van der Waals surface area contributed by atoms with E-state index < -0.39 is 13.9 Å². The standard InChI is InChI=1S/C26H48O4Si/c1-19(12-10-16-25(5,28)18-23(27)29-7)20-14-15-21-22(13-11-17-26(20,21)6)30-31(8,9)24(2,3)4/h10,12,19-22,28H,11,13-18H2,1-9H3/t19?,20-,21-,22-,25+,26+/m1/s1. The Bertz CT molecular complexity index is 648. The van der Waals surface area contributed by atoms with Gasteiger partial charge in [-0.15, -0.1) is 0 Å². The molecule has 0 aliphatic heterocycles. The van der Waals surface area contributed by atoms with Crippen LogP contribution in [0.5, 0.6) is 0 Å². The number of hydrogen-bond donors (Lipinski definition) is 1. The molecule has 0 spiro atoms. The van der Waals surface area contributed by atoms with Gasteiger partial charge in [0.25, 0.3) is 0 Å². The van der Waals surface area contributed by atoms with Crippen molar-refractivity contribution in [3.8, 4) is 0 Å². The average molecular weight is 453 g/mol. The number of fused-ring (bicyclic) bond motifs is 1. The van der Waals surface area contributed by atoms with Crippen LogP contribution in [0.25, 0.3) is 0 Å². The summed E-state index contributed by atoms with van der Waals surface area (Å²) in [7, 11) is -0.412. The van der Waals surface area contributed by atoms with Crippen molar-refractivity contribution in [2.24, 2.45) is 23.2 Å². The number of hydrogen-bond acceptors (Lipinski definition) is 4. The Labute approximate surface area is 192 Å². The van der Waals surface area contributed by atoms with E-state index in [2.05, 4.69) is 59.9 Å². The molecule has 0 aromatic heterocycles. The first-order chi connectivity index (χ1) is 14.1. The van der Waals surface area contributed by atoms with Crippen LogP contribution >= 0.6 is 0 Å². The van der Waals surface area contributed by atoms with Crippen LogP contribution in [0.1, 0.15) is 86.5 Å². The van der Waals surface area contributed by atoms with Crippen LogP contribution in [0.2, 0.25) is 18.1 Å². The second-order valence-corrected chi connectivity index (χ2v) is 17.1. The first-order valence-electron chi connectivity index (χ1n) is 12.3. The zero-order valence-electron chi connectivity index (χ0n) is 21.6. The zero-order valence-corrected chi connectivity index (χ0v) is 22.6. The van der Waals surface area contributed by atoms with Crippen molar-refractivity contribution in [1.29, 1.82) is 0 Å². The van der Waals surface area contributed by atoms with Crippen molar-refractivity contribution in [2.45, 2.75) is 116 Å². The van der Waals surface area contributed by atoms with E-state index in [9.17, 15) is 9.90 Å². The van der Waals surface area contributed by atoms with E-state index in [1.54, 1.807) is 6.92 Å². The second kappa shape index (κ2) is 9.68. The van der Waals surface area contributed by atoms with Crippen molar-refractivity contribution >= 4 is 14.3 Å². The molecule has 2 fully saturated rings. The molecule has 2 aliphatic rings. The summed E-state index contributed by atoms with van der Waals surface area (Å²) in [5, 5.41) is 10.7. The maximum absolute atomic E-state index is 11.5. The molecular weight excluding hydrogens is 404 g/mol. The van der Waals surface area contributed by atoms with Gasteiger partial charge in [-0.1, -0.05) is 53.2 Å². The molecule has 0 radical (unpaired) electrons. The van der Waals surface area contributed by atoms with Gasteiger partial charge in [-0.25, -0.2) is 0 Å². The van der Waals surface area contributed by atoms with Gasteiger partial charge in [0.1, 0.15) is 0 Å². The van der Waals surface area contributed by atoms with E-state index in [1.165, 1.54) is 39.2 Å². The summed E-state index contributed by atoms with van der Waals surface area (Å²) in [6, 6.07) is 0. The van der Waals surface area contributed by atoms with Gasteiger partial charge in [-0.05, 0) is 80.3 Å². The van der Waals surface area contributed by atoms with Crippen LogP contribution in [0, 0.1) is 23.2 Å². The van der Waals surface area contributed by atoms with E-state index in [0.717, 1.165) is 0 Å². The Balaban J connectivity index is 2.05. The highest BCUT2D eigenvalue weighted by Crippen LogP contribution is 2.59. The Morgan fingerprint density at radius 3 is 2.45 bits per heavy atom. The summed E-state index contributed by atoms with van der Waals surface area (Å²) in [5.41, 5.74) is -0.734. The lowest BCUT2D eigenvalue weighted by molar-refractivity contribution is -0.145. The average Bonchev–Trinajstić information content (AvgIpc) is 2.97. The minimum absolute atomic E-state index is 0.0257. The predicted octanol–water partition coefficient (Wildman–Crippen LogP) is 6.49. The molecule has 6 atom stereocenters. The summed E-state index contributed by atoms with van der Waals surface area (Å²) in [5.74, 6) is 1.38. The fourth-order valence-electron chi connectivity index (χ4n) is 5.85. The van der Waals surface area contributed by atoms with E-state index >= 15 is 0 Å². The van der Waals surface area contributed by atoms with Crippen LogP contribution in [-0.2, 0) is 14.0 Å². The normalized spacial score (nSPS) is 32.5. The molecule has 0 aromatic carbocycles.